The molecule has 0 radical (unpaired) electrons. The first-order valence-electron chi connectivity index (χ1n) is 5.33. The van der Waals surface area contributed by atoms with Gasteiger partial charge in [-0.3, -0.25) is 0 Å². The fourth-order valence-corrected chi connectivity index (χ4v) is 0.650. The van der Waals surface area contributed by atoms with Crippen LogP contribution in [0, 0.1) is 0 Å². The number of aliphatic hydroxyl groups excluding tert-OH is 2. The van der Waals surface area contributed by atoms with Gasteiger partial charge in [0.2, 0.25) is 0 Å². The van der Waals surface area contributed by atoms with Crippen LogP contribution in [0.15, 0.2) is 23.5 Å². The molecule has 3 N–H and O–H groups in total. The van der Waals surface area contributed by atoms with Crippen molar-refractivity contribution >= 4 is 11.9 Å². The minimum Gasteiger partial charge on any atom is -0.512 e. The van der Waals surface area contributed by atoms with E-state index in [1.807, 2.05) is 0 Å². The predicted molar refractivity (Wildman–Crippen MR) is 66.1 cm³/mol. The average molecular weight is 260 g/mol. The molecule has 0 atom stereocenters. The van der Waals surface area contributed by atoms with E-state index in [1.165, 1.54) is 6.92 Å². The van der Waals surface area contributed by atoms with Gasteiger partial charge in [-0.2, -0.15) is 0 Å². The van der Waals surface area contributed by atoms with Crippen LogP contribution in [0.2, 0.25) is 0 Å². The monoisotopic (exact) mass is 260 g/mol. The Bertz CT molecular complexity index is 329. The molecule has 0 unspecified atom stereocenters. The van der Waals surface area contributed by atoms with Crippen LogP contribution in [0.4, 0.5) is 0 Å². The van der Waals surface area contributed by atoms with E-state index in [2.05, 4.69) is 11.3 Å². The normalized spacial score (nSPS) is 10.7. The molecule has 0 heterocycles. The zero-order valence-corrected chi connectivity index (χ0v) is 10.9. The third-order valence-corrected chi connectivity index (χ3v) is 1.76. The van der Waals surface area contributed by atoms with Gasteiger partial charge < -0.3 is 20.1 Å². The Balaban J connectivity index is 0. The highest BCUT2D eigenvalue weighted by Crippen LogP contribution is 2.03. The van der Waals surface area contributed by atoms with E-state index in [0.29, 0.717) is 12.0 Å². The van der Waals surface area contributed by atoms with Gasteiger partial charge in [-0.25, -0.2) is 9.59 Å². The summed E-state index contributed by atoms with van der Waals surface area (Å²) in [5, 5.41) is 25.3. The number of carboxylic acid groups (broad SMARTS) is 1. The molecule has 0 aliphatic heterocycles. The van der Waals surface area contributed by atoms with Crippen molar-refractivity contribution in [3.05, 3.63) is 23.5 Å². The molecule has 6 nitrogen and oxygen atoms in total. The number of carbonyl (C=O) groups excluding carboxylic acids is 1. The van der Waals surface area contributed by atoms with Crippen molar-refractivity contribution in [2.45, 2.75) is 27.2 Å². The number of carbonyl (C=O) groups is 2. The first kappa shape index (κ1) is 18.5. The molecule has 0 amide bonds. The highest BCUT2D eigenvalue weighted by Gasteiger charge is 2.04. The second-order valence-electron chi connectivity index (χ2n) is 3.37. The number of aliphatic hydroxyl groups is 2. The number of carboxylic acids is 1. The van der Waals surface area contributed by atoms with Gasteiger partial charge in [-0.1, -0.05) is 13.5 Å². The van der Waals surface area contributed by atoms with Crippen molar-refractivity contribution < 1.29 is 29.6 Å². The fraction of sp³-hybridized carbons (Fsp3) is 0.500. The van der Waals surface area contributed by atoms with Crippen molar-refractivity contribution in [2.24, 2.45) is 0 Å². The molecule has 0 aromatic heterocycles. The fourth-order valence-electron chi connectivity index (χ4n) is 0.650. The van der Waals surface area contributed by atoms with E-state index in [1.54, 1.807) is 13.8 Å². The minimum atomic E-state index is -1.06. The topological polar surface area (TPSA) is 104 Å². The van der Waals surface area contributed by atoms with Gasteiger partial charge in [-0.05, 0) is 13.8 Å². The Hall–Kier alpha value is -1.82. The number of allylic oxidation sites excluding steroid dienone is 1. The Morgan fingerprint density at radius 1 is 1.22 bits per heavy atom. The van der Waals surface area contributed by atoms with E-state index in [9.17, 15) is 9.59 Å². The summed E-state index contributed by atoms with van der Waals surface area (Å²) in [6.45, 7) is 7.89. The molecule has 0 spiro atoms. The van der Waals surface area contributed by atoms with Crippen molar-refractivity contribution in [1.29, 1.82) is 0 Å². The van der Waals surface area contributed by atoms with Gasteiger partial charge in [0.1, 0.15) is 12.4 Å². The molecule has 0 saturated carbocycles. The molecular formula is C12H20O6. The van der Waals surface area contributed by atoms with E-state index in [4.69, 9.17) is 15.3 Å². The maximum Gasteiger partial charge on any atom is 0.334 e. The molecule has 0 aromatic carbocycles. The lowest BCUT2D eigenvalue weighted by molar-refractivity contribution is -0.140. The van der Waals surface area contributed by atoms with Crippen LogP contribution in [0.5, 0.6) is 0 Å². The third kappa shape index (κ3) is 9.41. The zero-order valence-electron chi connectivity index (χ0n) is 10.9. The van der Waals surface area contributed by atoms with Crippen molar-refractivity contribution in [3.8, 4) is 0 Å². The van der Waals surface area contributed by atoms with Gasteiger partial charge in [0.25, 0.3) is 0 Å². The van der Waals surface area contributed by atoms with Gasteiger partial charge in [0.05, 0.1) is 12.2 Å². The van der Waals surface area contributed by atoms with Gasteiger partial charge in [0, 0.05) is 12.0 Å². The number of hydrogen-bond donors (Lipinski definition) is 3. The smallest absolute Gasteiger partial charge is 0.334 e. The summed E-state index contributed by atoms with van der Waals surface area (Å²) in [4.78, 5) is 20.6. The predicted octanol–water partition coefficient (Wildman–Crippen LogP) is 1.41. The first-order chi connectivity index (χ1) is 8.27. The Kier molecular flexibility index (Phi) is 10.7. The van der Waals surface area contributed by atoms with Crippen LogP contribution in [0.3, 0.4) is 0 Å². The quantitative estimate of drug-likeness (QED) is 0.392. The molecule has 0 fully saturated rings. The standard InChI is InChI=1S/2C6H10O3/c1-5(2)6(8)9-4-3-7;1-3-5(7)4(2)6(8)9/h7H,1,3-4H2,2H3;7H,3H2,1-2H3,(H,8,9). The van der Waals surface area contributed by atoms with Crippen molar-refractivity contribution in [3.63, 3.8) is 0 Å². The van der Waals surface area contributed by atoms with Crippen LogP contribution in [0.1, 0.15) is 27.2 Å². The van der Waals surface area contributed by atoms with E-state index >= 15 is 0 Å². The second-order valence-corrected chi connectivity index (χ2v) is 3.37. The second kappa shape index (κ2) is 10.3. The summed E-state index contributed by atoms with van der Waals surface area (Å²) < 4.78 is 4.46. The summed E-state index contributed by atoms with van der Waals surface area (Å²) in [5.41, 5.74) is 0.376. The largest absolute Gasteiger partial charge is 0.512 e. The zero-order chi connectivity index (χ0) is 14.7. The molecule has 0 aromatic rings. The van der Waals surface area contributed by atoms with E-state index in [0.717, 1.165) is 0 Å². The SMILES string of the molecule is C=C(C)C(=O)OCCO.CCC(O)=C(C)C(=O)O. The molecular weight excluding hydrogens is 240 g/mol. The number of aliphatic carboxylic acids is 1. The Morgan fingerprint density at radius 2 is 1.72 bits per heavy atom. The van der Waals surface area contributed by atoms with Crippen LogP contribution >= 0.6 is 0 Å². The number of rotatable bonds is 5. The summed E-state index contributed by atoms with van der Waals surface area (Å²) in [6.07, 6.45) is 0.373. The molecule has 0 rings (SSSR count). The molecule has 18 heavy (non-hydrogen) atoms. The van der Waals surface area contributed by atoms with Crippen LogP contribution < -0.4 is 0 Å². The molecule has 104 valence electrons. The van der Waals surface area contributed by atoms with E-state index < -0.39 is 11.9 Å². The summed E-state index contributed by atoms with van der Waals surface area (Å²) >= 11 is 0. The van der Waals surface area contributed by atoms with E-state index in [-0.39, 0.29) is 24.5 Å². The average Bonchev–Trinajstić information content (AvgIpc) is 2.34. The Labute approximate surface area is 106 Å². The Morgan fingerprint density at radius 3 is 1.94 bits per heavy atom. The number of hydrogen-bond acceptors (Lipinski definition) is 5. The lowest BCUT2D eigenvalue weighted by atomic mass is 10.2. The minimum absolute atomic E-state index is 0.0255. The maximum atomic E-state index is 10.5. The third-order valence-electron chi connectivity index (χ3n) is 1.76. The summed E-state index contributed by atoms with van der Waals surface area (Å²) in [7, 11) is 0. The molecule has 0 bridgehead atoms. The first-order valence-corrected chi connectivity index (χ1v) is 5.33. The molecule has 0 aliphatic carbocycles. The van der Waals surface area contributed by atoms with Crippen LogP contribution in [-0.2, 0) is 14.3 Å². The van der Waals surface area contributed by atoms with Gasteiger partial charge >= 0.3 is 11.9 Å². The van der Waals surface area contributed by atoms with Crippen molar-refractivity contribution in [1.82, 2.24) is 0 Å². The molecule has 0 aliphatic rings. The number of esters is 1. The van der Waals surface area contributed by atoms with Crippen molar-refractivity contribution in [2.75, 3.05) is 13.2 Å². The van der Waals surface area contributed by atoms with Crippen LogP contribution in [-0.4, -0.2) is 40.5 Å². The summed E-state index contributed by atoms with van der Waals surface area (Å²) in [5.74, 6) is -1.57. The molecule has 6 heteroatoms. The highest BCUT2D eigenvalue weighted by molar-refractivity contribution is 5.87. The maximum absolute atomic E-state index is 10.5. The van der Waals surface area contributed by atoms with Crippen LogP contribution in [0.25, 0.3) is 0 Å². The molecule has 0 saturated heterocycles. The lowest BCUT2D eigenvalue weighted by Gasteiger charge is -1.99. The highest BCUT2D eigenvalue weighted by atomic mass is 16.5. The summed E-state index contributed by atoms with van der Waals surface area (Å²) in [6, 6.07) is 0. The van der Waals surface area contributed by atoms with Gasteiger partial charge in [0.15, 0.2) is 0 Å². The lowest BCUT2D eigenvalue weighted by Crippen LogP contribution is -2.08. The number of ether oxygens (including phenoxy) is 1. The van der Waals surface area contributed by atoms with Gasteiger partial charge in [-0.15, -0.1) is 0 Å².